The highest BCUT2D eigenvalue weighted by atomic mass is 16.6. The fraction of sp³-hybridized carbons (Fsp3) is 0.118. The van der Waals surface area contributed by atoms with E-state index in [0.29, 0.717) is 18.0 Å². The standard InChI is InChI=1S/C17H16N2O5/c1-2-11-23-15-9-5-3-7-13(15)18-17(20)12-24-16-10-6-4-8-14(16)19(21)22/h2-10H,1,11-12H2,(H,18,20). The number of rotatable bonds is 8. The van der Waals surface area contributed by atoms with Gasteiger partial charge in [0.05, 0.1) is 10.6 Å². The number of nitro benzene ring substituents is 1. The van der Waals surface area contributed by atoms with Crippen molar-refractivity contribution in [3.05, 3.63) is 71.3 Å². The number of amides is 1. The van der Waals surface area contributed by atoms with E-state index in [9.17, 15) is 14.9 Å². The minimum absolute atomic E-state index is 0.0360. The molecule has 0 heterocycles. The average molecular weight is 328 g/mol. The van der Waals surface area contributed by atoms with Gasteiger partial charge in [-0.25, -0.2) is 0 Å². The van der Waals surface area contributed by atoms with Crippen molar-refractivity contribution in [1.82, 2.24) is 0 Å². The summed E-state index contributed by atoms with van der Waals surface area (Å²) in [6.45, 7) is 3.51. The van der Waals surface area contributed by atoms with Crippen LogP contribution in [-0.2, 0) is 4.79 Å². The molecule has 7 heteroatoms. The molecule has 0 radical (unpaired) electrons. The molecule has 0 saturated heterocycles. The summed E-state index contributed by atoms with van der Waals surface area (Å²) >= 11 is 0. The van der Waals surface area contributed by atoms with Gasteiger partial charge in [-0.15, -0.1) is 0 Å². The summed E-state index contributed by atoms with van der Waals surface area (Å²) in [4.78, 5) is 22.4. The summed E-state index contributed by atoms with van der Waals surface area (Å²) in [7, 11) is 0. The van der Waals surface area contributed by atoms with Gasteiger partial charge in [-0.05, 0) is 18.2 Å². The van der Waals surface area contributed by atoms with Crippen molar-refractivity contribution in [3.8, 4) is 11.5 Å². The van der Waals surface area contributed by atoms with Crippen LogP contribution in [0.2, 0.25) is 0 Å². The molecule has 24 heavy (non-hydrogen) atoms. The molecule has 0 atom stereocenters. The Morgan fingerprint density at radius 1 is 1.12 bits per heavy atom. The second-order valence-electron chi connectivity index (χ2n) is 4.66. The number of nitrogens with one attached hydrogen (secondary N) is 1. The van der Waals surface area contributed by atoms with Gasteiger partial charge in [0, 0.05) is 6.07 Å². The SMILES string of the molecule is C=CCOc1ccccc1NC(=O)COc1ccccc1[N+](=O)[O-]. The fourth-order valence-electron chi connectivity index (χ4n) is 1.90. The third-order valence-corrected chi connectivity index (χ3v) is 2.94. The molecule has 0 fully saturated rings. The van der Waals surface area contributed by atoms with Crippen LogP contribution in [0.4, 0.5) is 11.4 Å². The van der Waals surface area contributed by atoms with Crippen molar-refractivity contribution in [2.75, 3.05) is 18.5 Å². The Morgan fingerprint density at radius 3 is 2.50 bits per heavy atom. The van der Waals surface area contributed by atoms with E-state index >= 15 is 0 Å². The molecular formula is C17H16N2O5. The van der Waals surface area contributed by atoms with Crippen LogP contribution in [0.1, 0.15) is 0 Å². The summed E-state index contributed by atoms with van der Waals surface area (Å²) in [5, 5.41) is 13.5. The van der Waals surface area contributed by atoms with Gasteiger partial charge in [-0.1, -0.05) is 36.9 Å². The predicted molar refractivity (Wildman–Crippen MR) is 89.4 cm³/mol. The van der Waals surface area contributed by atoms with Crippen LogP contribution in [0, 0.1) is 10.1 Å². The topological polar surface area (TPSA) is 90.7 Å². The maximum Gasteiger partial charge on any atom is 0.310 e. The lowest BCUT2D eigenvalue weighted by Crippen LogP contribution is -2.20. The zero-order valence-corrected chi connectivity index (χ0v) is 12.8. The average Bonchev–Trinajstić information content (AvgIpc) is 2.59. The second kappa shape index (κ2) is 8.33. The van der Waals surface area contributed by atoms with Crippen LogP contribution in [0.5, 0.6) is 11.5 Å². The fourth-order valence-corrected chi connectivity index (χ4v) is 1.90. The van der Waals surface area contributed by atoms with Gasteiger partial charge in [0.25, 0.3) is 5.91 Å². The maximum atomic E-state index is 12.0. The van der Waals surface area contributed by atoms with Gasteiger partial charge in [-0.3, -0.25) is 14.9 Å². The lowest BCUT2D eigenvalue weighted by molar-refractivity contribution is -0.385. The first-order valence-electron chi connectivity index (χ1n) is 7.10. The first-order valence-corrected chi connectivity index (χ1v) is 7.10. The zero-order valence-electron chi connectivity index (χ0n) is 12.8. The number of anilines is 1. The molecule has 1 N–H and O–H groups in total. The molecule has 2 aromatic rings. The Balaban J connectivity index is 2.00. The predicted octanol–water partition coefficient (Wildman–Crippen LogP) is 3.18. The first-order chi connectivity index (χ1) is 11.6. The summed E-state index contributed by atoms with van der Waals surface area (Å²) in [5.41, 5.74) is 0.288. The highest BCUT2D eigenvalue weighted by Gasteiger charge is 2.15. The minimum Gasteiger partial charge on any atom is -0.487 e. The molecule has 0 spiro atoms. The molecule has 124 valence electrons. The van der Waals surface area contributed by atoms with Crippen LogP contribution in [0.15, 0.2) is 61.2 Å². The molecule has 0 saturated carbocycles. The van der Waals surface area contributed by atoms with Crippen molar-refractivity contribution in [1.29, 1.82) is 0 Å². The van der Waals surface area contributed by atoms with Crippen LogP contribution < -0.4 is 14.8 Å². The Bertz CT molecular complexity index is 745. The molecule has 7 nitrogen and oxygen atoms in total. The van der Waals surface area contributed by atoms with Gasteiger partial charge in [-0.2, -0.15) is 0 Å². The summed E-state index contributed by atoms with van der Waals surface area (Å²) in [6, 6.07) is 12.8. The summed E-state index contributed by atoms with van der Waals surface area (Å²) in [5.74, 6) is 0.0769. The van der Waals surface area contributed by atoms with Crippen LogP contribution >= 0.6 is 0 Å². The Labute approximate surface area is 138 Å². The molecule has 0 aromatic heterocycles. The lowest BCUT2D eigenvalue weighted by atomic mass is 10.3. The normalized spacial score (nSPS) is 9.83. The largest absolute Gasteiger partial charge is 0.487 e. The van der Waals surface area contributed by atoms with E-state index in [2.05, 4.69) is 11.9 Å². The molecule has 1 amide bonds. The van der Waals surface area contributed by atoms with E-state index in [-0.39, 0.29) is 18.0 Å². The monoisotopic (exact) mass is 328 g/mol. The Kier molecular flexibility index (Phi) is 5.90. The summed E-state index contributed by atoms with van der Waals surface area (Å²) < 4.78 is 10.7. The number of ether oxygens (including phenoxy) is 2. The number of carbonyl (C=O) groups is 1. The van der Waals surface area contributed by atoms with Crippen molar-refractivity contribution in [3.63, 3.8) is 0 Å². The maximum absolute atomic E-state index is 12.0. The van der Waals surface area contributed by atoms with Gasteiger partial charge in [0.1, 0.15) is 12.4 Å². The minimum atomic E-state index is -0.564. The highest BCUT2D eigenvalue weighted by molar-refractivity contribution is 5.93. The molecule has 2 aromatic carbocycles. The quantitative estimate of drug-likeness (QED) is 0.456. The van der Waals surface area contributed by atoms with Gasteiger partial charge in [0.15, 0.2) is 12.4 Å². The highest BCUT2D eigenvalue weighted by Crippen LogP contribution is 2.26. The molecule has 0 bridgehead atoms. The van der Waals surface area contributed by atoms with E-state index in [1.807, 2.05) is 0 Å². The van der Waals surface area contributed by atoms with E-state index < -0.39 is 10.8 Å². The first kappa shape index (κ1) is 17.0. The van der Waals surface area contributed by atoms with E-state index in [1.165, 1.54) is 18.2 Å². The number of carbonyl (C=O) groups excluding carboxylic acids is 1. The van der Waals surface area contributed by atoms with E-state index in [0.717, 1.165) is 0 Å². The molecule has 0 aliphatic heterocycles. The van der Waals surface area contributed by atoms with Crippen molar-refractivity contribution in [2.24, 2.45) is 0 Å². The number of para-hydroxylation sites is 4. The molecule has 0 aliphatic carbocycles. The van der Waals surface area contributed by atoms with Crippen molar-refractivity contribution < 1.29 is 19.2 Å². The number of nitrogens with zero attached hydrogens (tertiary/aromatic N) is 1. The third kappa shape index (κ3) is 4.57. The molecular weight excluding hydrogens is 312 g/mol. The van der Waals surface area contributed by atoms with Gasteiger partial charge < -0.3 is 14.8 Å². The number of benzene rings is 2. The van der Waals surface area contributed by atoms with E-state index in [1.54, 1.807) is 36.4 Å². The van der Waals surface area contributed by atoms with Crippen LogP contribution in [0.25, 0.3) is 0 Å². The third-order valence-electron chi connectivity index (χ3n) is 2.94. The summed E-state index contributed by atoms with van der Waals surface area (Å²) in [6.07, 6.45) is 1.59. The zero-order chi connectivity index (χ0) is 17.4. The van der Waals surface area contributed by atoms with Crippen LogP contribution in [-0.4, -0.2) is 24.0 Å². The van der Waals surface area contributed by atoms with Crippen molar-refractivity contribution in [2.45, 2.75) is 0 Å². The molecule has 0 unspecified atom stereocenters. The number of hydrogen-bond donors (Lipinski definition) is 1. The Morgan fingerprint density at radius 2 is 1.79 bits per heavy atom. The molecule has 2 rings (SSSR count). The van der Waals surface area contributed by atoms with Gasteiger partial charge >= 0.3 is 5.69 Å². The molecule has 0 aliphatic rings. The van der Waals surface area contributed by atoms with E-state index in [4.69, 9.17) is 9.47 Å². The van der Waals surface area contributed by atoms with Crippen molar-refractivity contribution >= 4 is 17.3 Å². The van der Waals surface area contributed by atoms with Crippen LogP contribution in [0.3, 0.4) is 0 Å². The number of hydrogen-bond acceptors (Lipinski definition) is 5. The Hall–Kier alpha value is -3.35. The lowest BCUT2D eigenvalue weighted by Gasteiger charge is -2.12. The number of nitro groups is 1. The smallest absolute Gasteiger partial charge is 0.310 e. The van der Waals surface area contributed by atoms with Gasteiger partial charge in [0.2, 0.25) is 0 Å². The second-order valence-corrected chi connectivity index (χ2v) is 4.66.